The van der Waals surface area contributed by atoms with E-state index in [4.69, 9.17) is 4.74 Å². The van der Waals surface area contributed by atoms with Gasteiger partial charge in [-0.3, -0.25) is 9.59 Å². The molecule has 0 aliphatic carbocycles. The minimum atomic E-state index is -0.666. The summed E-state index contributed by atoms with van der Waals surface area (Å²) in [7, 11) is 0. The van der Waals surface area contributed by atoms with Crippen molar-refractivity contribution in [2.24, 2.45) is 0 Å². The molecule has 0 radical (unpaired) electrons. The Hall–Kier alpha value is -1.66. The maximum atomic E-state index is 12.5. The number of hydrogen-bond donors (Lipinski definition) is 3. The van der Waals surface area contributed by atoms with Crippen LogP contribution in [0, 0.1) is 0 Å². The zero-order chi connectivity index (χ0) is 57.1. The van der Waals surface area contributed by atoms with Crippen LogP contribution in [0.4, 0.5) is 0 Å². The number of amides is 1. The lowest BCUT2D eigenvalue weighted by Crippen LogP contribution is -2.45. The van der Waals surface area contributed by atoms with E-state index >= 15 is 0 Å². The molecule has 2 atom stereocenters. The number of aliphatic hydroxyl groups is 2. The first kappa shape index (κ1) is 77.3. The van der Waals surface area contributed by atoms with Crippen LogP contribution in [-0.4, -0.2) is 47.4 Å². The smallest absolute Gasteiger partial charge is 0.305 e. The molecule has 2 unspecified atom stereocenters. The number of carbonyl (C=O) groups excluding carboxylic acids is 2. The molecule has 0 saturated carbocycles. The molecular weight excluding hydrogens is 971 g/mol. The van der Waals surface area contributed by atoms with Crippen molar-refractivity contribution in [1.29, 1.82) is 0 Å². The highest BCUT2D eigenvalue weighted by atomic mass is 16.5. The number of hydrogen-bond acceptors (Lipinski definition) is 5. The largest absolute Gasteiger partial charge is 0.466 e. The number of unbranched alkanes of at least 4 members (excludes halogenated alkanes) is 53. The van der Waals surface area contributed by atoms with Crippen molar-refractivity contribution in [3.05, 3.63) is 24.3 Å². The highest BCUT2D eigenvalue weighted by Gasteiger charge is 2.20. The summed E-state index contributed by atoms with van der Waals surface area (Å²) in [6, 6.07) is -0.543. The van der Waals surface area contributed by atoms with Crippen LogP contribution in [0.3, 0.4) is 0 Å². The number of aliphatic hydroxyl groups excluding tert-OH is 2. The second-order valence-corrected chi connectivity index (χ2v) is 24.9. The topological polar surface area (TPSA) is 95.9 Å². The first-order chi connectivity index (χ1) is 39.0. The SMILES string of the molecule is CCCCCCC/C=C\CCCCCCCC(=O)OCCCCCCCCCCCCCC/C=C\CCCCCCCCCCCCCC(=O)NC(CO)C(O)CCCCCCCCCCCCCCCCCCCCCCC. The number of rotatable bonds is 68. The predicted octanol–water partition coefficient (Wildman–Crippen LogP) is 23.3. The summed E-state index contributed by atoms with van der Waals surface area (Å²) < 4.78 is 5.49. The van der Waals surface area contributed by atoms with Gasteiger partial charge in [-0.2, -0.15) is 0 Å². The summed E-state index contributed by atoms with van der Waals surface area (Å²) in [4.78, 5) is 24.6. The number of allylic oxidation sites excluding steroid dienone is 4. The van der Waals surface area contributed by atoms with Gasteiger partial charge in [0.2, 0.25) is 5.91 Å². The van der Waals surface area contributed by atoms with Crippen LogP contribution in [0.2, 0.25) is 0 Å². The molecule has 0 aliphatic heterocycles. The summed E-state index contributed by atoms with van der Waals surface area (Å²) in [6.07, 6.45) is 86.6. The van der Waals surface area contributed by atoms with E-state index in [9.17, 15) is 19.8 Å². The maximum absolute atomic E-state index is 12.5. The van der Waals surface area contributed by atoms with Gasteiger partial charge in [-0.1, -0.05) is 340 Å². The second kappa shape index (κ2) is 68.8. The molecular formula is C73H141NO5. The lowest BCUT2D eigenvalue weighted by Gasteiger charge is -2.22. The van der Waals surface area contributed by atoms with E-state index in [1.807, 2.05) is 0 Å². The molecule has 0 bridgehead atoms. The molecule has 468 valence electrons. The molecule has 1 amide bonds. The summed E-state index contributed by atoms with van der Waals surface area (Å²) in [6.45, 7) is 4.98. The lowest BCUT2D eigenvalue weighted by atomic mass is 10.0. The Labute approximate surface area is 494 Å². The molecule has 0 heterocycles. The van der Waals surface area contributed by atoms with Crippen LogP contribution in [0.25, 0.3) is 0 Å². The Morgan fingerprint density at radius 2 is 0.595 bits per heavy atom. The van der Waals surface area contributed by atoms with Gasteiger partial charge >= 0.3 is 5.97 Å². The quantitative estimate of drug-likeness (QED) is 0.0320. The minimum Gasteiger partial charge on any atom is -0.466 e. The van der Waals surface area contributed by atoms with Crippen LogP contribution in [-0.2, 0) is 14.3 Å². The van der Waals surface area contributed by atoms with Gasteiger partial charge in [0, 0.05) is 12.8 Å². The van der Waals surface area contributed by atoms with Crippen molar-refractivity contribution in [1.82, 2.24) is 5.32 Å². The molecule has 6 heteroatoms. The van der Waals surface area contributed by atoms with Gasteiger partial charge in [-0.05, 0) is 77.0 Å². The first-order valence-corrected chi connectivity index (χ1v) is 36.1. The van der Waals surface area contributed by atoms with Crippen molar-refractivity contribution in [2.45, 2.75) is 418 Å². The molecule has 0 saturated heterocycles. The van der Waals surface area contributed by atoms with Crippen molar-refractivity contribution < 1.29 is 24.5 Å². The highest BCUT2D eigenvalue weighted by molar-refractivity contribution is 5.76. The zero-order valence-corrected chi connectivity index (χ0v) is 53.6. The monoisotopic (exact) mass is 1110 g/mol. The number of ether oxygens (including phenoxy) is 1. The van der Waals surface area contributed by atoms with Crippen molar-refractivity contribution >= 4 is 11.9 Å². The summed E-state index contributed by atoms with van der Waals surface area (Å²) >= 11 is 0. The van der Waals surface area contributed by atoms with Gasteiger partial charge in [-0.25, -0.2) is 0 Å². The van der Waals surface area contributed by atoms with Crippen LogP contribution in [0.15, 0.2) is 24.3 Å². The van der Waals surface area contributed by atoms with E-state index in [1.165, 1.54) is 327 Å². The third-order valence-corrected chi connectivity index (χ3v) is 17.0. The first-order valence-electron chi connectivity index (χ1n) is 36.1. The Kier molecular flexibility index (Phi) is 67.4. The average Bonchev–Trinajstić information content (AvgIpc) is 3.45. The highest BCUT2D eigenvalue weighted by Crippen LogP contribution is 2.19. The van der Waals surface area contributed by atoms with Crippen LogP contribution in [0.5, 0.6) is 0 Å². The molecule has 0 aromatic heterocycles. The van der Waals surface area contributed by atoms with E-state index in [1.54, 1.807) is 0 Å². The Morgan fingerprint density at radius 3 is 0.899 bits per heavy atom. The predicted molar refractivity (Wildman–Crippen MR) is 347 cm³/mol. The Bertz CT molecular complexity index is 1230. The Balaban J connectivity index is 3.38. The Morgan fingerprint density at radius 1 is 0.342 bits per heavy atom. The molecule has 0 fully saturated rings. The third-order valence-electron chi connectivity index (χ3n) is 17.0. The van der Waals surface area contributed by atoms with Crippen LogP contribution in [0.1, 0.15) is 406 Å². The molecule has 0 rings (SSSR count). The van der Waals surface area contributed by atoms with E-state index in [-0.39, 0.29) is 18.5 Å². The molecule has 0 aliphatic rings. The fourth-order valence-electron chi connectivity index (χ4n) is 11.5. The minimum absolute atomic E-state index is 0.00737. The van der Waals surface area contributed by atoms with Crippen molar-refractivity contribution in [3.8, 4) is 0 Å². The molecule has 0 aromatic rings. The molecule has 6 nitrogen and oxygen atoms in total. The second-order valence-electron chi connectivity index (χ2n) is 24.9. The lowest BCUT2D eigenvalue weighted by molar-refractivity contribution is -0.143. The van der Waals surface area contributed by atoms with Gasteiger partial charge in [0.15, 0.2) is 0 Å². The van der Waals surface area contributed by atoms with Gasteiger partial charge in [-0.15, -0.1) is 0 Å². The normalized spacial score (nSPS) is 12.6. The van der Waals surface area contributed by atoms with Gasteiger partial charge in [0.05, 0.1) is 25.4 Å². The molecule has 0 aromatic carbocycles. The zero-order valence-electron chi connectivity index (χ0n) is 53.6. The van der Waals surface area contributed by atoms with Gasteiger partial charge < -0.3 is 20.3 Å². The molecule has 0 spiro atoms. The van der Waals surface area contributed by atoms with E-state index in [0.717, 1.165) is 44.9 Å². The van der Waals surface area contributed by atoms with Crippen molar-refractivity contribution in [3.63, 3.8) is 0 Å². The fraction of sp³-hybridized carbons (Fsp3) is 0.918. The molecule has 79 heavy (non-hydrogen) atoms. The fourth-order valence-corrected chi connectivity index (χ4v) is 11.5. The summed E-state index contributed by atoms with van der Waals surface area (Å²) in [5, 5.41) is 23.4. The number of carbonyl (C=O) groups is 2. The van der Waals surface area contributed by atoms with Crippen LogP contribution < -0.4 is 5.32 Å². The van der Waals surface area contributed by atoms with E-state index in [2.05, 4.69) is 43.5 Å². The van der Waals surface area contributed by atoms with E-state index < -0.39 is 12.1 Å². The number of nitrogens with one attached hydrogen (secondary N) is 1. The van der Waals surface area contributed by atoms with Gasteiger partial charge in [0.25, 0.3) is 0 Å². The van der Waals surface area contributed by atoms with Crippen LogP contribution >= 0.6 is 0 Å². The third kappa shape index (κ3) is 65.4. The summed E-state index contributed by atoms with van der Waals surface area (Å²) in [5.74, 6) is -0.0240. The molecule has 3 N–H and O–H groups in total. The van der Waals surface area contributed by atoms with Gasteiger partial charge in [0.1, 0.15) is 0 Å². The maximum Gasteiger partial charge on any atom is 0.305 e. The van der Waals surface area contributed by atoms with Crippen molar-refractivity contribution in [2.75, 3.05) is 13.2 Å². The number of esters is 1. The van der Waals surface area contributed by atoms with E-state index in [0.29, 0.717) is 25.9 Å². The standard InChI is InChI=1S/C73H141NO5/c1-3-5-7-9-11-13-15-17-19-20-21-29-32-35-38-41-45-49-53-57-61-65-71(76)70(69-75)74-72(77)66-62-58-54-50-46-42-39-36-33-30-27-25-23-22-24-26-28-31-34-37-40-44-48-52-56-60-64-68-79-73(78)67-63-59-55-51-47-43-18-16-14-12-10-8-6-4-2/h16,18,22-23,70-71,75-76H,3-15,17,19-21,24-69H2,1-2H3,(H,74,77)/b18-16-,23-22-. The average molecular weight is 1110 g/mol. The summed E-state index contributed by atoms with van der Waals surface area (Å²) in [5.41, 5.74) is 0.